The number of hydrogen-bond acceptors (Lipinski definition) is 5. The van der Waals surface area contributed by atoms with E-state index in [-0.39, 0.29) is 37.4 Å². The van der Waals surface area contributed by atoms with Crippen LogP contribution in [0.3, 0.4) is 0 Å². The molecule has 0 radical (unpaired) electrons. The zero-order valence-corrected chi connectivity index (χ0v) is 15.7. The van der Waals surface area contributed by atoms with Crippen LogP contribution in [0.1, 0.15) is 52.6 Å². The van der Waals surface area contributed by atoms with Gasteiger partial charge >= 0.3 is 5.97 Å². The number of methoxy groups -OCH3 is 1. The lowest BCUT2D eigenvalue weighted by Gasteiger charge is -2.29. The SMILES string of the molecule is COCO[C@@H](C)[C@H](CC(=O)OC(C)(C)C)N[C@@H](C)c1ccccc1. The summed E-state index contributed by atoms with van der Waals surface area (Å²) >= 11 is 0. The Kier molecular flexibility index (Phi) is 8.39. The third-order valence-electron chi connectivity index (χ3n) is 3.59. The summed E-state index contributed by atoms with van der Waals surface area (Å²) in [7, 11) is 1.58. The lowest BCUT2D eigenvalue weighted by atomic mass is 10.0. The molecule has 0 saturated heterocycles. The first-order valence-corrected chi connectivity index (χ1v) is 8.36. The van der Waals surface area contributed by atoms with Crippen molar-refractivity contribution in [2.45, 2.75) is 64.8 Å². The molecule has 0 aromatic heterocycles. The molecule has 3 atom stereocenters. The van der Waals surface area contributed by atoms with Gasteiger partial charge in [0.15, 0.2) is 0 Å². The molecule has 0 spiro atoms. The van der Waals surface area contributed by atoms with Gasteiger partial charge in [-0.1, -0.05) is 30.3 Å². The van der Waals surface area contributed by atoms with Crippen LogP contribution in [0.4, 0.5) is 0 Å². The van der Waals surface area contributed by atoms with Gasteiger partial charge in [-0.3, -0.25) is 4.79 Å². The van der Waals surface area contributed by atoms with E-state index in [2.05, 4.69) is 24.4 Å². The Balaban J connectivity index is 2.75. The number of carbonyl (C=O) groups is 1. The van der Waals surface area contributed by atoms with Gasteiger partial charge in [0, 0.05) is 19.2 Å². The van der Waals surface area contributed by atoms with Crippen LogP contribution in [-0.2, 0) is 19.0 Å². The summed E-state index contributed by atoms with van der Waals surface area (Å²) in [6, 6.07) is 10.0. The standard InChI is InChI=1S/C19H31NO4/c1-14(16-10-8-7-9-11-16)20-17(15(2)23-13-22-6)12-18(21)24-19(3,4)5/h7-11,14-15,17,20H,12-13H2,1-6H3/t14-,15-,17-/m0/s1. The van der Waals surface area contributed by atoms with Gasteiger partial charge in [-0.15, -0.1) is 0 Å². The van der Waals surface area contributed by atoms with Gasteiger partial charge in [0.05, 0.1) is 12.5 Å². The maximum atomic E-state index is 12.2. The molecule has 0 aliphatic carbocycles. The highest BCUT2D eigenvalue weighted by molar-refractivity contribution is 5.70. The number of carbonyl (C=O) groups excluding carboxylic acids is 1. The first-order chi connectivity index (χ1) is 11.2. The molecule has 24 heavy (non-hydrogen) atoms. The molecule has 1 aromatic carbocycles. The average molecular weight is 337 g/mol. The number of esters is 1. The Morgan fingerprint density at radius 1 is 1.17 bits per heavy atom. The van der Waals surface area contributed by atoms with Gasteiger partial charge in [0.25, 0.3) is 0 Å². The quantitative estimate of drug-likeness (QED) is 0.552. The Labute approximate surface area is 145 Å². The lowest BCUT2D eigenvalue weighted by Crippen LogP contribution is -2.43. The molecule has 1 N–H and O–H groups in total. The van der Waals surface area contributed by atoms with Crippen molar-refractivity contribution in [3.05, 3.63) is 35.9 Å². The Bertz CT molecular complexity index is 484. The summed E-state index contributed by atoms with van der Waals surface area (Å²) in [4.78, 5) is 12.2. The molecule has 0 bridgehead atoms. The molecule has 1 rings (SSSR count). The van der Waals surface area contributed by atoms with Crippen molar-refractivity contribution in [3.63, 3.8) is 0 Å². The van der Waals surface area contributed by atoms with Crippen LogP contribution >= 0.6 is 0 Å². The summed E-state index contributed by atoms with van der Waals surface area (Å²) in [6.07, 6.45) is 0.0444. The minimum Gasteiger partial charge on any atom is -0.460 e. The molecule has 5 heteroatoms. The molecular formula is C19H31NO4. The molecule has 0 aliphatic heterocycles. The predicted octanol–water partition coefficient (Wildman–Crippen LogP) is 3.45. The van der Waals surface area contributed by atoms with Crippen LogP contribution in [0.15, 0.2) is 30.3 Å². The maximum Gasteiger partial charge on any atom is 0.307 e. The second-order valence-corrected chi connectivity index (χ2v) is 6.97. The van der Waals surface area contributed by atoms with Crippen LogP contribution in [0.2, 0.25) is 0 Å². The number of nitrogens with one attached hydrogen (secondary N) is 1. The fourth-order valence-electron chi connectivity index (χ4n) is 2.37. The summed E-state index contributed by atoms with van der Waals surface area (Å²) in [5.74, 6) is -0.242. The molecular weight excluding hydrogens is 306 g/mol. The second kappa shape index (κ2) is 9.77. The van der Waals surface area contributed by atoms with Gasteiger partial charge in [0.2, 0.25) is 0 Å². The monoisotopic (exact) mass is 337 g/mol. The van der Waals surface area contributed by atoms with Crippen LogP contribution in [0, 0.1) is 0 Å². The molecule has 0 saturated carbocycles. The van der Waals surface area contributed by atoms with E-state index in [1.165, 1.54) is 0 Å². The van der Waals surface area contributed by atoms with E-state index in [0.717, 1.165) is 5.56 Å². The van der Waals surface area contributed by atoms with E-state index in [1.54, 1.807) is 7.11 Å². The van der Waals surface area contributed by atoms with Gasteiger partial charge in [0.1, 0.15) is 12.4 Å². The highest BCUT2D eigenvalue weighted by Crippen LogP contribution is 2.17. The van der Waals surface area contributed by atoms with Crippen LogP contribution in [-0.4, -0.2) is 37.6 Å². The van der Waals surface area contributed by atoms with Gasteiger partial charge in [-0.25, -0.2) is 0 Å². The largest absolute Gasteiger partial charge is 0.460 e. The normalized spacial score (nSPS) is 15.6. The van der Waals surface area contributed by atoms with E-state index < -0.39 is 5.60 Å². The number of rotatable bonds is 9. The molecule has 0 unspecified atom stereocenters. The first kappa shape index (κ1) is 20.6. The molecule has 0 fully saturated rings. The second-order valence-electron chi connectivity index (χ2n) is 6.97. The molecule has 0 amide bonds. The van der Waals surface area contributed by atoms with Crippen molar-refractivity contribution in [1.82, 2.24) is 5.32 Å². The van der Waals surface area contributed by atoms with E-state index >= 15 is 0 Å². The summed E-state index contributed by atoms with van der Waals surface area (Å²) < 4.78 is 16.0. The van der Waals surface area contributed by atoms with Gasteiger partial charge in [-0.2, -0.15) is 0 Å². The third-order valence-corrected chi connectivity index (χ3v) is 3.59. The van der Waals surface area contributed by atoms with Crippen LogP contribution < -0.4 is 5.32 Å². The summed E-state index contributed by atoms with van der Waals surface area (Å²) in [6.45, 7) is 9.78. The maximum absolute atomic E-state index is 12.2. The average Bonchev–Trinajstić information content (AvgIpc) is 2.50. The number of hydrogen-bond donors (Lipinski definition) is 1. The molecule has 1 aromatic rings. The van der Waals surface area contributed by atoms with E-state index in [0.29, 0.717) is 0 Å². The predicted molar refractivity (Wildman–Crippen MR) is 94.7 cm³/mol. The Hall–Kier alpha value is -1.43. The minimum atomic E-state index is -0.497. The zero-order chi connectivity index (χ0) is 18.2. The fraction of sp³-hybridized carbons (Fsp3) is 0.632. The van der Waals surface area contributed by atoms with E-state index in [9.17, 15) is 4.79 Å². The number of benzene rings is 1. The number of ether oxygens (including phenoxy) is 3. The Morgan fingerprint density at radius 2 is 1.79 bits per heavy atom. The lowest BCUT2D eigenvalue weighted by molar-refractivity contribution is -0.157. The van der Waals surface area contributed by atoms with Crippen molar-refractivity contribution in [1.29, 1.82) is 0 Å². The first-order valence-electron chi connectivity index (χ1n) is 8.36. The smallest absolute Gasteiger partial charge is 0.307 e. The molecule has 136 valence electrons. The van der Waals surface area contributed by atoms with Crippen molar-refractivity contribution in [2.75, 3.05) is 13.9 Å². The van der Waals surface area contributed by atoms with Crippen LogP contribution in [0.25, 0.3) is 0 Å². The minimum absolute atomic E-state index is 0.0900. The van der Waals surface area contributed by atoms with E-state index in [1.807, 2.05) is 45.9 Å². The zero-order valence-electron chi connectivity index (χ0n) is 15.7. The van der Waals surface area contributed by atoms with Gasteiger partial charge < -0.3 is 19.5 Å². The van der Waals surface area contributed by atoms with Crippen molar-refractivity contribution in [2.24, 2.45) is 0 Å². The Morgan fingerprint density at radius 3 is 2.33 bits per heavy atom. The highest BCUT2D eigenvalue weighted by Gasteiger charge is 2.26. The summed E-state index contributed by atoms with van der Waals surface area (Å²) in [5, 5.41) is 3.48. The molecule has 0 aliphatic rings. The van der Waals surface area contributed by atoms with Crippen molar-refractivity contribution >= 4 is 5.97 Å². The highest BCUT2D eigenvalue weighted by atomic mass is 16.7. The summed E-state index contributed by atoms with van der Waals surface area (Å²) in [5.41, 5.74) is 0.661. The fourth-order valence-corrected chi connectivity index (χ4v) is 2.37. The topological polar surface area (TPSA) is 56.8 Å². The van der Waals surface area contributed by atoms with Crippen molar-refractivity contribution in [3.8, 4) is 0 Å². The van der Waals surface area contributed by atoms with Gasteiger partial charge in [-0.05, 0) is 40.2 Å². The third kappa shape index (κ3) is 7.90. The molecule has 5 nitrogen and oxygen atoms in total. The van der Waals surface area contributed by atoms with E-state index in [4.69, 9.17) is 14.2 Å². The van der Waals surface area contributed by atoms with Crippen LogP contribution in [0.5, 0.6) is 0 Å². The van der Waals surface area contributed by atoms with Crippen molar-refractivity contribution < 1.29 is 19.0 Å². The molecule has 0 heterocycles.